The quantitative estimate of drug-likeness (QED) is 0.888. The molecule has 0 radical (unpaired) electrons. The van der Waals surface area contributed by atoms with Crippen LogP contribution < -0.4 is 9.47 Å². The fourth-order valence-corrected chi connectivity index (χ4v) is 1.96. The topological polar surface area (TPSA) is 55.8 Å². The van der Waals surface area contributed by atoms with E-state index in [0.29, 0.717) is 11.5 Å². The fourth-order valence-electron chi connectivity index (χ4n) is 1.96. The molecule has 2 aromatic carbocycles. The Kier molecular flexibility index (Phi) is 4.77. The molecule has 0 saturated heterocycles. The third-order valence-corrected chi connectivity index (χ3v) is 3.05. The number of methoxy groups -OCH3 is 1. The molecular formula is C16H15FO4. The minimum absolute atomic E-state index is 0.0971. The van der Waals surface area contributed by atoms with Gasteiger partial charge in [-0.25, -0.2) is 4.39 Å². The zero-order valence-electron chi connectivity index (χ0n) is 11.5. The lowest BCUT2D eigenvalue weighted by Gasteiger charge is -2.16. The van der Waals surface area contributed by atoms with Crippen LogP contribution in [0.1, 0.15) is 11.5 Å². The lowest BCUT2D eigenvalue weighted by atomic mass is 10.00. The van der Waals surface area contributed by atoms with Crippen LogP contribution in [0.25, 0.3) is 0 Å². The van der Waals surface area contributed by atoms with Crippen molar-refractivity contribution < 1.29 is 23.8 Å². The van der Waals surface area contributed by atoms with E-state index in [4.69, 9.17) is 9.47 Å². The number of aliphatic carboxylic acids is 1. The van der Waals surface area contributed by atoms with Gasteiger partial charge in [0.25, 0.3) is 0 Å². The summed E-state index contributed by atoms with van der Waals surface area (Å²) in [5.41, 5.74) is 0.0971. The zero-order valence-corrected chi connectivity index (χ0v) is 11.5. The van der Waals surface area contributed by atoms with Gasteiger partial charge >= 0.3 is 5.97 Å². The van der Waals surface area contributed by atoms with Gasteiger partial charge in [-0.05, 0) is 18.2 Å². The Bertz CT molecular complexity index is 627. The van der Waals surface area contributed by atoms with Gasteiger partial charge in [0.15, 0.2) is 11.5 Å². The number of benzene rings is 2. The molecule has 2 rings (SSSR count). The minimum Gasteiger partial charge on any atom is -0.493 e. The van der Waals surface area contributed by atoms with Crippen molar-refractivity contribution in [2.75, 3.05) is 13.7 Å². The monoisotopic (exact) mass is 290 g/mol. The number of carbonyl (C=O) groups is 1. The molecule has 0 aliphatic heterocycles. The highest BCUT2D eigenvalue weighted by atomic mass is 19.1. The van der Waals surface area contributed by atoms with E-state index in [-0.39, 0.29) is 12.2 Å². The maximum Gasteiger partial charge on any atom is 0.314 e. The second-order valence-electron chi connectivity index (χ2n) is 4.37. The van der Waals surface area contributed by atoms with Crippen LogP contribution in [0, 0.1) is 5.82 Å². The first kappa shape index (κ1) is 14.8. The van der Waals surface area contributed by atoms with Crippen molar-refractivity contribution in [1.29, 1.82) is 0 Å². The maximum atomic E-state index is 13.7. The zero-order chi connectivity index (χ0) is 15.2. The van der Waals surface area contributed by atoms with E-state index in [2.05, 4.69) is 0 Å². The summed E-state index contributed by atoms with van der Waals surface area (Å²) in [7, 11) is 1.49. The first-order chi connectivity index (χ1) is 10.1. The molecule has 0 bridgehead atoms. The summed E-state index contributed by atoms with van der Waals surface area (Å²) in [6.45, 7) is -0.184. The smallest absolute Gasteiger partial charge is 0.314 e. The van der Waals surface area contributed by atoms with E-state index in [9.17, 15) is 14.3 Å². The third-order valence-electron chi connectivity index (χ3n) is 3.05. The van der Waals surface area contributed by atoms with Gasteiger partial charge in [0.05, 0.1) is 7.11 Å². The molecule has 1 unspecified atom stereocenters. The van der Waals surface area contributed by atoms with Gasteiger partial charge in [0.1, 0.15) is 18.3 Å². The molecule has 2 aromatic rings. The van der Waals surface area contributed by atoms with E-state index in [1.165, 1.54) is 25.3 Å². The number of carboxylic acids is 1. The number of carboxylic acid groups (broad SMARTS) is 1. The second kappa shape index (κ2) is 6.74. The summed E-state index contributed by atoms with van der Waals surface area (Å²) in [6.07, 6.45) is 0. The normalized spacial score (nSPS) is 11.7. The van der Waals surface area contributed by atoms with Crippen molar-refractivity contribution in [3.63, 3.8) is 0 Å². The number of rotatable bonds is 6. The lowest BCUT2D eigenvalue weighted by molar-refractivity contribution is -0.139. The highest BCUT2D eigenvalue weighted by molar-refractivity contribution is 5.76. The lowest BCUT2D eigenvalue weighted by Crippen LogP contribution is -2.20. The van der Waals surface area contributed by atoms with Crippen LogP contribution in [0.3, 0.4) is 0 Å². The number of hydrogen-bond acceptors (Lipinski definition) is 3. The van der Waals surface area contributed by atoms with Crippen LogP contribution in [0.15, 0.2) is 48.5 Å². The summed E-state index contributed by atoms with van der Waals surface area (Å²) in [5.74, 6) is -1.88. The Hall–Kier alpha value is -2.56. The first-order valence-electron chi connectivity index (χ1n) is 6.36. The average Bonchev–Trinajstić information content (AvgIpc) is 2.49. The molecule has 0 fully saturated rings. The molecular weight excluding hydrogens is 275 g/mol. The van der Waals surface area contributed by atoms with Gasteiger partial charge < -0.3 is 14.6 Å². The molecule has 1 atom stereocenters. The van der Waals surface area contributed by atoms with Gasteiger partial charge in [-0.3, -0.25) is 4.79 Å². The van der Waals surface area contributed by atoms with Crippen LogP contribution in [-0.2, 0) is 4.79 Å². The van der Waals surface area contributed by atoms with Gasteiger partial charge in [-0.15, -0.1) is 0 Å². The van der Waals surface area contributed by atoms with E-state index < -0.39 is 17.7 Å². The Morgan fingerprint density at radius 2 is 1.76 bits per heavy atom. The van der Waals surface area contributed by atoms with Gasteiger partial charge in [-0.2, -0.15) is 0 Å². The van der Waals surface area contributed by atoms with Crippen LogP contribution in [0.2, 0.25) is 0 Å². The number of ether oxygens (including phenoxy) is 2. The molecule has 5 heteroatoms. The molecule has 0 aliphatic rings. The Morgan fingerprint density at radius 1 is 1.14 bits per heavy atom. The van der Waals surface area contributed by atoms with E-state index in [1.54, 1.807) is 30.3 Å². The Morgan fingerprint density at radius 3 is 2.38 bits per heavy atom. The maximum absolute atomic E-state index is 13.7. The van der Waals surface area contributed by atoms with Crippen LogP contribution in [0.4, 0.5) is 4.39 Å². The standard InChI is InChI=1S/C16H15FO4/c1-20-14-8-4-5-9-15(14)21-10-12(16(18)19)11-6-2-3-7-13(11)17/h2-9,12H,10H2,1H3,(H,18,19). The van der Waals surface area contributed by atoms with Gasteiger partial charge in [-0.1, -0.05) is 30.3 Å². The molecule has 0 amide bonds. The van der Waals surface area contributed by atoms with Gasteiger partial charge in [0.2, 0.25) is 0 Å². The van der Waals surface area contributed by atoms with Gasteiger partial charge in [0, 0.05) is 5.56 Å². The number of hydrogen-bond donors (Lipinski definition) is 1. The molecule has 0 saturated carbocycles. The molecule has 4 nitrogen and oxygen atoms in total. The van der Waals surface area contributed by atoms with E-state index >= 15 is 0 Å². The fraction of sp³-hybridized carbons (Fsp3) is 0.188. The van der Waals surface area contributed by atoms with Crippen molar-refractivity contribution in [2.45, 2.75) is 5.92 Å². The SMILES string of the molecule is COc1ccccc1OCC(C(=O)O)c1ccccc1F. The average molecular weight is 290 g/mol. The Labute approximate surface area is 121 Å². The molecule has 21 heavy (non-hydrogen) atoms. The molecule has 0 heterocycles. The molecule has 0 aliphatic carbocycles. The van der Waals surface area contributed by atoms with Crippen molar-refractivity contribution >= 4 is 5.97 Å². The number of halogens is 1. The summed E-state index contributed by atoms with van der Waals surface area (Å²) < 4.78 is 24.3. The summed E-state index contributed by atoms with van der Waals surface area (Å²) >= 11 is 0. The molecule has 0 spiro atoms. The summed E-state index contributed by atoms with van der Waals surface area (Å²) in [4.78, 5) is 11.3. The largest absolute Gasteiger partial charge is 0.493 e. The second-order valence-corrected chi connectivity index (χ2v) is 4.37. The van der Waals surface area contributed by atoms with Crippen molar-refractivity contribution in [2.24, 2.45) is 0 Å². The van der Waals surface area contributed by atoms with Crippen molar-refractivity contribution in [3.8, 4) is 11.5 Å². The van der Waals surface area contributed by atoms with Crippen molar-refractivity contribution in [3.05, 3.63) is 59.9 Å². The van der Waals surface area contributed by atoms with Crippen molar-refractivity contribution in [1.82, 2.24) is 0 Å². The van der Waals surface area contributed by atoms with Crippen LogP contribution >= 0.6 is 0 Å². The summed E-state index contributed by atoms with van der Waals surface area (Å²) in [6, 6.07) is 12.7. The highest BCUT2D eigenvalue weighted by Gasteiger charge is 2.24. The highest BCUT2D eigenvalue weighted by Crippen LogP contribution is 2.28. The third kappa shape index (κ3) is 3.51. The van der Waals surface area contributed by atoms with E-state index in [1.807, 2.05) is 0 Å². The molecule has 110 valence electrons. The van der Waals surface area contributed by atoms with Crippen LogP contribution in [0.5, 0.6) is 11.5 Å². The minimum atomic E-state index is -1.14. The first-order valence-corrected chi connectivity index (χ1v) is 6.36. The predicted octanol–water partition coefficient (Wildman–Crippen LogP) is 3.08. The van der Waals surface area contributed by atoms with E-state index in [0.717, 1.165) is 0 Å². The van der Waals surface area contributed by atoms with Crippen LogP contribution in [-0.4, -0.2) is 24.8 Å². The predicted molar refractivity (Wildman–Crippen MR) is 75.3 cm³/mol. The summed E-state index contributed by atoms with van der Waals surface area (Å²) in [5, 5.41) is 9.28. The Balaban J connectivity index is 2.18. The molecule has 1 N–H and O–H groups in total. The molecule has 0 aromatic heterocycles. The number of para-hydroxylation sites is 2.